The molecule has 1 heterocycles. The Balaban J connectivity index is 1.80. The number of rotatable bonds is 5. The van der Waals surface area contributed by atoms with Crippen LogP contribution in [0.4, 0.5) is 0 Å². The lowest BCUT2D eigenvalue weighted by Crippen LogP contribution is -2.53. The van der Waals surface area contributed by atoms with Crippen LogP contribution < -0.4 is 11.1 Å². The van der Waals surface area contributed by atoms with Gasteiger partial charge in [0.15, 0.2) is 0 Å². The van der Waals surface area contributed by atoms with Gasteiger partial charge in [0.25, 0.3) is 0 Å². The van der Waals surface area contributed by atoms with E-state index in [2.05, 4.69) is 17.2 Å². The Morgan fingerprint density at radius 3 is 2.89 bits per heavy atom. The van der Waals surface area contributed by atoms with Crippen molar-refractivity contribution in [2.24, 2.45) is 24.1 Å². The predicted molar refractivity (Wildman–Crippen MR) is 69.8 cm³/mol. The highest BCUT2D eigenvalue weighted by Crippen LogP contribution is 2.44. The van der Waals surface area contributed by atoms with Crippen molar-refractivity contribution in [2.75, 3.05) is 13.1 Å². The van der Waals surface area contributed by atoms with Gasteiger partial charge in [-0.3, -0.25) is 4.79 Å². The highest BCUT2D eigenvalue weighted by molar-refractivity contribution is 5.83. The maximum Gasteiger partial charge on any atom is 0.227 e. The van der Waals surface area contributed by atoms with E-state index in [9.17, 15) is 4.79 Å². The third-order valence-corrected chi connectivity index (χ3v) is 3.91. The van der Waals surface area contributed by atoms with Gasteiger partial charge in [0.2, 0.25) is 5.91 Å². The van der Waals surface area contributed by atoms with E-state index in [1.807, 2.05) is 17.8 Å². The van der Waals surface area contributed by atoms with Crippen LogP contribution in [-0.2, 0) is 18.3 Å². The standard InChI is InChI=1S/C13H22N4O/c1-10-7-13(8-10,9-14)12(18)16-4-3-11-15-5-6-17(11)2/h5-6,10H,3-4,7-9,14H2,1-2H3,(H,16,18). The molecule has 0 spiro atoms. The molecule has 18 heavy (non-hydrogen) atoms. The molecular formula is C13H22N4O. The first-order valence-corrected chi connectivity index (χ1v) is 6.52. The van der Waals surface area contributed by atoms with Crippen molar-refractivity contribution < 1.29 is 4.79 Å². The maximum absolute atomic E-state index is 12.1. The van der Waals surface area contributed by atoms with Gasteiger partial charge in [-0.15, -0.1) is 0 Å². The number of imidazole rings is 1. The molecule has 5 heteroatoms. The average Bonchev–Trinajstić information content (AvgIpc) is 2.70. The Labute approximate surface area is 108 Å². The minimum atomic E-state index is -0.305. The molecule has 0 aromatic carbocycles. The first kappa shape index (κ1) is 13.1. The number of hydrogen-bond acceptors (Lipinski definition) is 3. The Kier molecular flexibility index (Phi) is 3.71. The Morgan fingerprint density at radius 2 is 2.39 bits per heavy atom. The second kappa shape index (κ2) is 5.10. The molecule has 1 aromatic rings. The van der Waals surface area contributed by atoms with Crippen molar-refractivity contribution in [3.63, 3.8) is 0 Å². The number of nitrogens with one attached hydrogen (secondary N) is 1. The Morgan fingerprint density at radius 1 is 1.67 bits per heavy atom. The van der Waals surface area contributed by atoms with Crippen LogP contribution in [0.3, 0.4) is 0 Å². The summed E-state index contributed by atoms with van der Waals surface area (Å²) in [4.78, 5) is 16.3. The van der Waals surface area contributed by atoms with Crippen molar-refractivity contribution in [1.82, 2.24) is 14.9 Å². The fraction of sp³-hybridized carbons (Fsp3) is 0.692. The van der Waals surface area contributed by atoms with Crippen LogP contribution in [-0.4, -0.2) is 28.5 Å². The molecule has 3 N–H and O–H groups in total. The van der Waals surface area contributed by atoms with Crippen LogP contribution in [0, 0.1) is 11.3 Å². The highest BCUT2D eigenvalue weighted by atomic mass is 16.2. The fourth-order valence-corrected chi connectivity index (χ4v) is 2.83. The fourth-order valence-electron chi connectivity index (χ4n) is 2.83. The highest BCUT2D eigenvalue weighted by Gasteiger charge is 2.46. The van der Waals surface area contributed by atoms with E-state index in [1.54, 1.807) is 6.20 Å². The van der Waals surface area contributed by atoms with E-state index in [1.165, 1.54) is 0 Å². The summed E-state index contributed by atoms with van der Waals surface area (Å²) < 4.78 is 1.97. The monoisotopic (exact) mass is 250 g/mol. The molecule has 100 valence electrons. The lowest BCUT2D eigenvalue weighted by molar-refractivity contribution is -0.138. The largest absolute Gasteiger partial charge is 0.355 e. The van der Waals surface area contributed by atoms with Gasteiger partial charge in [0.1, 0.15) is 5.82 Å². The summed E-state index contributed by atoms with van der Waals surface area (Å²) in [5.74, 6) is 1.71. The zero-order valence-electron chi connectivity index (χ0n) is 11.1. The summed E-state index contributed by atoms with van der Waals surface area (Å²) in [5.41, 5.74) is 5.44. The summed E-state index contributed by atoms with van der Waals surface area (Å²) >= 11 is 0. The van der Waals surface area contributed by atoms with E-state index in [4.69, 9.17) is 5.73 Å². The van der Waals surface area contributed by atoms with Gasteiger partial charge in [-0.05, 0) is 18.8 Å². The lowest BCUT2D eigenvalue weighted by atomic mass is 9.62. The Hall–Kier alpha value is -1.36. The van der Waals surface area contributed by atoms with Crippen molar-refractivity contribution in [2.45, 2.75) is 26.2 Å². The Bertz CT molecular complexity index is 420. The van der Waals surface area contributed by atoms with Crippen molar-refractivity contribution in [3.05, 3.63) is 18.2 Å². The topological polar surface area (TPSA) is 72.9 Å². The molecule has 1 aromatic heterocycles. The molecule has 2 rings (SSSR count). The smallest absolute Gasteiger partial charge is 0.227 e. The zero-order chi connectivity index (χ0) is 13.2. The quantitative estimate of drug-likeness (QED) is 0.797. The number of carbonyl (C=O) groups excluding carboxylic acids is 1. The number of amides is 1. The molecule has 1 fully saturated rings. The molecule has 0 atom stereocenters. The molecule has 0 radical (unpaired) electrons. The van der Waals surface area contributed by atoms with Crippen LogP contribution in [0.5, 0.6) is 0 Å². The molecule has 0 aliphatic heterocycles. The van der Waals surface area contributed by atoms with Crippen LogP contribution in [0.1, 0.15) is 25.6 Å². The molecule has 0 saturated heterocycles. The van der Waals surface area contributed by atoms with E-state index in [0.29, 0.717) is 19.0 Å². The van der Waals surface area contributed by atoms with Crippen molar-refractivity contribution >= 4 is 5.91 Å². The van der Waals surface area contributed by atoms with Gasteiger partial charge in [0, 0.05) is 39.0 Å². The number of nitrogens with two attached hydrogens (primary N) is 1. The van der Waals surface area contributed by atoms with Crippen LogP contribution in [0.2, 0.25) is 0 Å². The third-order valence-electron chi connectivity index (χ3n) is 3.91. The summed E-state index contributed by atoms with van der Waals surface area (Å²) in [6.45, 7) is 3.24. The second-order valence-electron chi connectivity index (χ2n) is 5.46. The van der Waals surface area contributed by atoms with Gasteiger partial charge in [-0.25, -0.2) is 4.98 Å². The van der Waals surface area contributed by atoms with Gasteiger partial charge in [-0.2, -0.15) is 0 Å². The van der Waals surface area contributed by atoms with Crippen LogP contribution in [0.15, 0.2) is 12.4 Å². The SMILES string of the molecule is CC1CC(CN)(C(=O)NCCc2nccn2C)C1. The first-order valence-electron chi connectivity index (χ1n) is 6.52. The lowest BCUT2D eigenvalue weighted by Gasteiger charge is -2.44. The maximum atomic E-state index is 12.1. The van der Waals surface area contributed by atoms with Crippen LogP contribution >= 0.6 is 0 Å². The van der Waals surface area contributed by atoms with Gasteiger partial charge in [-0.1, -0.05) is 6.92 Å². The molecular weight excluding hydrogens is 228 g/mol. The van der Waals surface area contributed by atoms with Gasteiger partial charge in [0.05, 0.1) is 5.41 Å². The summed E-state index contributed by atoms with van der Waals surface area (Å²) in [6, 6.07) is 0. The zero-order valence-corrected chi connectivity index (χ0v) is 11.1. The molecule has 1 amide bonds. The van der Waals surface area contributed by atoms with Crippen LogP contribution in [0.25, 0.3) is 0 Å². The molecule has 1 aliphatic rings. The minimum Gasteiger partial charge on any atom is -0.355 e. The van der Waals surface area contributed by atoms with Crippen molar-refractivity contribution in [3.8, 4) is 0 Å². The number of carbonyl (C=O) groups is 1. The number of hydrogen-bond donors (Lipinski definition) is 2. The normalized spacial score (nSPS) is 26.7. The molecule has 5 nitrogen and oxygen atoms in total. The molecule has 1 aliphatic carbocycles. The summed E-state index contributed by atoms with van der Waals surface area (Å²) in [7, 11) is 1.96. The number of aromatic nitrogens is 2. The molecule has 0 bridgehead atoms. The van der Waals surface area contributed by atoms with E-state index < -0.39 is 0 Å². The summed E-state index contributed by atoms with van der Waals surface area (Å²) in [5, 5.41) is 2.99. The second-order valence-corrected chi connectivity index (χ2v) is 5.46. The van der Waals surface area contributed by atoms with Crippen molar-refractivity contribution in [1.29, 1.82) is 0 Å². The predicted octanol–water partition coefficient (Wildman–Crippen LogP) is 0.454. The van der Waals surface area contributed by atoms with E-state index in [0.717, 1.165) is 25.1 Å². The van der Waals surface area contributed by atoms with E-state index >= 15 is 0 Å². The number of nitrogens with zero attached hydrogens (tertiary/aromatic N) is 2. The van der Waals surface area contributed by atoms with Gasteiger partial charge < -0.3 is 15.6 Å². The third kappa shape index (κ3) is 2.41. The minimum absolute atomic E-state index is 0.109. The molecule has 0 unspecified atom stereocenters. The number of aryl methyl sites for hydroxylation is 1. The first-order chi connectivity index (χ1) is 8.57. The molecule has 1 saturated carbocycles. The average molecular weight is 250 g/mol. The summed E-state index contributed by atoms with van der Waals surface area (Å²) in [6.07, 6.45) is 6.26. The van der Waals surface area contributed by atoms with E-state index in [-0.39, 0.29) is 11.3 Å². The van der Waals surface area contributed by atoms with Gasteiger partial charge >= 0.3 is 0 Å².